The maximum absolute atomic E-state index is 13.0. The zero-order chi connectivity index (χ0) is 17.1. The number of anilines is 1. The minimum atomic E-state index is -0.261. The van der Waals surface area contributed by atoms with E-state index in [1.54, 1.807) is 19.2 Å². The zero-order valence-corrected chi connectivity index (χ0v) is 14.0. The van der Waals surface area contributed by atoms with Crippen molar-refractivity contribution in [3.05, 3.63) is 59.4 Å². The number of amides is 2. The van der Waals surface area contributed by atoms with Crippen LogP contribution in [-0.4, -0.2) is 30.4 Å². The summed E-state index contributed by atoms with van der Waals surface area (Å²) in [5, 5.41) is 2.52. The van der Waals surface area contributed by atoms with Crippen LogP contribution >= 0.6 is 0 Å². The van der Waals surface area contributed by atoms with Gasteiger partial charge in [-0.3, -0.25) is 14.6 Å². The van der Waals surface area contributed by atoms with Gasteiger partial charge in [0.15, 0.2) is 0 Å². The van der Waals surface area contributed by atoms with Crippen LogP contribution in [-0.2, 0) is 0 Å². The highest BCUT2D eigenvalue weighted by Gasteiger charge is 2.25. The number of benzene rings is 1. The highest BCUT2D eigenvalue weighted by Crippen LogP contribution is 2.34. The van der Waals surface area contributed by atoms with Crippen molar-refractivity contribution in [2.45, 2.75) is 25.7 Å². The quantitative estimate of drug-likeness (QED) is 0.924. The lowest BCUT2D eigenvalue weighted by molar-refractivity contribution is 0.0953. The van der Waals surface area contributed by atoms with E-state index in [1.807, 2.05) is 23.1 Å². The molecule has 2 aromatic rings. The number of hydrogen-bond acceptors (Lipinski definition) is 3. The predicted molar refractivity (Wildman–Crippen MR) is 93.4 cm³/mol. The lowest BCUT2D eigenvalue weighted by Crippen LogP contribution is -2.32. The van der Waals surface area contributed by atoms with Crippen LogP contribution in [0.25, 0.3) is 0 Å². The first-order valence-corrected chi connectivity index (χ1v) is 8.20. The molecule has 0 spiro atoms. The number of carbonyl (C=O) groups is 2. The largest absolute Gasteiger partial charge is 0.354 e. The molecule has 0 aliphatic carbocycles. The van der Waals surface area contributed by atoms with E-state index in [9.17, 15) is 9.59 Å². The first-order chi connectivity index (χ1) is 11.6. The fourth-order valence-electron chi connectivity index (χ4n) is 3.13. The van der Waals surface area contributed by atoms with Crippen molar-refractivity contribution in [1.29, 1.82) is 0 Å². The summed E-state index contributed by atoms with van der Waals surface area (Å²) in [5.74, 6) is 0.100. The lowest BCUT2D eigenvalue weighted by Gasteiger charge is -2.23. The average molecular weight is 323 g/mol. The van der Waals surface area contributed by atoms with E-state index in [0.29, 0.717) is 23.7 Å². The molecule has 0 fully saturated rings. The molecule has 0 saturated heterocycles. The normalized spacial score (nSPS) is 16.9. The first kappa shape index (κ1) is 16.2. The van der Waals surface area contributed by atoms with Crippen LogP contribution in [0.1, 0.15) is 52.1 Å². The molecule has 3 rings (SSSR count). The number of para-hydroxylation sites is 1. The Bertz CT molecular complexity index is 755. The molecule has 0 saturated carbocycles. The van der Waals surface area contributed by atoms with Crippen LogP contribution < -0.4 is 10.2 Å². The summed E-state index contributed by atoms with van der Waals surface area (Å²) in [4.78, 5) is 30.5. The molecule has 124 valence electrons. The number of nitrogens with one attached hydrogen (secondary N) is 1. The van der Waals surface area contributed by atoms with Crippen molar-refractivity contribution >= 4 is 17.5 Å². The molecule has 1 aromatic carbocycles. The topological polar surface area (TPSA) is 62.3 Å². The standard InChI is InChI=1S/C19H21N3O2/c1-13-6-5-11-22(17-8-4-3-7-15(13)17)19(24)14-9-10-16(21-12-14)18(23)20-2/h3-4,7-10,12-13H,5-6,11H2,1-2H3,(H,20,23)/t13-/m1/s1. The Morgan fingerprint density at radius 1 is 1.21 bits per heavy atom. The Labute approximate surface area is 141 Å². The molecule has 0 unspecified atom stereocenters. The van der Waals surface area contributed by atoms with Gasteiger partial charge in [0.1, 0.15) is 5.69 Å². The third-order valence-electron chi connectivity index (χ3n) is 4.49. The summed E-state index contributed by atoms with van der Waals surface area (Å²) in [6.45, 7) is 2.89. The van der Waals surface area contributed by atoms with Crippen molar-refractivity contribution in [1.82, 2.24) is 10.3 Å². The smallest absolute Gasteiger partial charge is 0.269 e. The molecule has 1 aromatic heterocycles. The summed E-state index contributed by atoms with van der Waals surface area (Å²) in [6, 6.07) is 11.3. The highest BCUT2D eigenvalue weighted by molar-refractivity contribution is 6.06. The lowest BCUT2D eigenvalue weighted by atomic mass is 9.96. The second-order valence-electron chi connectivity index (χ2n) is 6.07. The number of hydrogen-bond donors (Lipinski definition) is 1. The van der Waals surface area contributed by atoms with E-state index in [-0.39, 0.29) is 11.8 Å². The Hall–Kier alpha value is -2.69. The van der Waals surface area contributed by atoms with Crippen molar-refractivity contribution < 1.29 is 9.59 Å². The summed E-state index contributed by atoms with van der Waals surface area (Å²) >= 11 is 0. The number of fused-ring (bicyclic) bond motifs is 1. The van der Waals surface area contributed by atoms with Gasteiger partial charge in [-0.2, -0.15) is 0 Å². The van der Waals surface area contributed by atoms with Gasteiger partial charge in [-0.15, -0.1) is 0 Å². The van der Waals surface area contributed by atoms with Crippen LogP contribution in [0.3, 0.4) is 0 Å². The second-order valence-corrected chi connectivity index (χ2v) is 6.07. The van der Waals surface area contributed by atoms with Crippen LogP contribution in [0.2, 0.25) is 0 Å². The van der Waals surface area contributed by atoms with Gasteiger partial charge in [0, 0.05) is 25.5 Å². The first-order valence-electron chi connectivity index (χ1n) is 8.20. The summed E-state index contributed by atoms with van der Waals surface area (Å²) < 4.78 is 0. The van der Waals surface area contributed by atoms with Crippen molar-refractivity contribution in [2.75, 3.05) is 18.5 Å². The molecule has 1 aliphatic heterocycles. The predicted octanol–water partition coefficient (Wildman–Crippen LogP) is 2.99. The van der Waals surface area contributed by atoms with Gasteiger partial charge in [-0.05, 0) is 42.5 Å². The molecule has 2 amide bonds. The van der Waals surface area contributed by atoms with E-state index in [1.165, 1.54) is 11.8 Å². The van der Waals surface area contributed by atoms with E-state index in [0.717, 1.165) is 18.5 Å². The summed E-state index contributed by atoms with van der Waals surface area (Å²) in [7, 11) is 1.55. The van der Waals surface area contributed by atoms with Crippen molar-refractivity contribution in [3.63, 3.8) is 0 Å². The van der Waals surface area contributed by atoms with Gasteiger partial charge in [0.05, 0.1) is 5.56 Å². The van der Waals surface area contributed by atoms with Crippen LogP contribution in [0.4, 0.5) is 5.69 Å². The number of pyridine rings is 1. The number of rotatable bonds is 2. The van der Waals surface area contributed by atoms with E-state index < -0.39 is 0 Å². The fraction of sp³-hybridized carbons (Fsp3) is 0.316. The van der Waals surface area contributed by atoms with Crippen LogP contribution in [0, 0.1) is 0 Å². The van der Waals surface area contributed by atoms with Crippen LogP contribution in [0.5, 0.6) is 0 Å². The molecular formula is C19H21N3O2. The van der Waals surface area contributed by atoms with Gasteiger partial charge in [0.25, 0.3) is 11.8 Å². The van der Waals surface area contributed by atoms with Gasteiger partial charge in [0.2, 0.25) is 0 Å². The number of carbonyl (C=O) groups excluding carboxylic acids is 2. The third kappa shape index (κ3) is 3.02. The molecular weight excluding hydrogens is 302 g/mol. The molecule has 1 aliphatic rings. The molecule has 0 bridgehead atoms. The molecule has 0 radical (unpaired) electrons. The van der Waals surface area contributed by atoms with Gasteiger partial charge >= 0.3 is 0 Å². The van der Waals surface area contributed by atoms with E-state index >= 15 is 0 Å². The Morgan fingerprint density at radius 3 is 2.71 bits per heavy atom. The van der Waals surface area contributed by atoms with E-state index in [4.69, 9.17) is 0 Å². The third-order valence-corrected chi connectivity index (χ3v) is 4.49. The van der Waals surface area contributed by atoms with Crippen molar-refractivity contribution in [3.8, 4) is 0 Å². The molecule has 24 heavy (non-hydrogen) atoms. The SMILES string of the molecule is CNC(=O)c1ccc(C(=O)N2CCC[C@@H](C)c3ccccc32)cn1. The summed E-state index contributed by atoms with van der Waals surface area (Å²) in [5.41, 5.74) is 2.98. The van der Waals surface area contributed by atoms with Crippen LogP contribution in [0.15, 0.2) is 42.6 Å². The number of aromatic nitrogens is 1. The minimum Gasteiger partial charge on any atom is -0.354 e. The molecule has 1 N–H and O–H groups in total. The Morgan fingerprint density at radius 2 is 2.00 bits per heavy atom. The zero-order valence-electron chi connectivity index (χ0n) is 14.0. The Balaban J connectivity index is 1.92. The highest BCUT2D eigenvalue weighted by atomic mass is 16.2. The van der Waals surface area contributed by atoms with Gasteiger partial charge in [-0.1, -0.05) is 25.1 Å². The summed E-state index contributed by atoms with van der Waals surface area (Å²) in [6.07, 6.45) is 3.50. The monoisotopic (exact) mass is 323 g/mol. The number of nitrogens with zero attached hydrogens (tertiary/aromatic N) is 2. The van der Waals surface area contributed by atoms with Gasteiger partial charge in [-0.25, -0.2) is 0 Å². The minimum absolute atomic E-state index is 0.0764. The second kappa shape index (κ2) is 6.83. The average Bonchev–Trinajstić information content (AvgIpc) is 2.80. The maximum Gasteiger partial charge on any atom is 0.269 e. The fourth-order valence-corrected chi connectivity index (χ4v) is 3.13. The Kier molecular flexibility index (Phi) is 4.60. The molecule has 1 atom stereocenters. The maximum atomic E-state index is 13.0. The van der Waals surface area contributed by atoms with Gasteiger partial charge < -0.3 is 10.2 Å². The van der Waals surface area contributed by atoms with Crippen molar-refractivity contribution in [2.24, 2.45) is 0 Å². The molecule has 5 nitrogen and oxygen atoms in total. The molecule has 5 heteroatoms. The van der Waals surface area contributed by atoms with E-state index in [2.05, 4.69) is 23.3 Å². The molecule has 2 heterocycles.